The van der Waals surface area contributed by atoms with Crippen molar-refractivity contribution in [3.05, 3.63) is 69.3 Å². The third-order valence-corrected chi connectivity index (χ3v) is 4.19. The summed E-state index contributed by atoms with van der Waals surface area (Å²) in [6, 6.07) is 11.7. The number of anilines is 1. The van der Waals surface area contributed by atoms with E-state index in [0.29, 0.717) is 23.7 Å². The van der Waals surface area contributed by atoms with Crippen LogP contribution in [-0.2, 0) is 11.2 Å². The number of amides is 2. The molecule has 7 nitrogen and oxygen atoms in total. The lowest BCUT2D eigenvalue weighted by atomic mass is 10.1. The molecule has 1 aliphatic rings. The predicted molar refractivity (Wildman–Crippen MR) is 97.1 cm³/mol. The van der Waals surface area contributed by atoms with E-state index >= 15 is 0 Å². The number of rotatable bonds is 6. The van der Waals surface area contributed by atoms with Crippen molar-refractivity contribution in [3.63, 3.8) is 0 Å². The fraction of sp³-hybridized carbons (Fsp3) is 0.263. The maximum atomic E-state index is 12.3. The van der Waals surface area contributed by atoms with Crippen molar-refractivity contribution in [1.29, 1.82) is 0 Å². The number of benzene rings is 2. The van der Waals surface area contributed by atoms with Gasteiger partial charge in [0.1, 0.15) is 0 Å². The summed E-state index contributed by atoms with van der Waals surface area (Å²) in [5, 5.41) is 16.6. The van der Waals surface area contributed by atoms with Crippen LogP contribution >= 0.6 is 0 Å². The summed E-state index contributed by atoms with van der Waals surface area (Å²) >= 11 is 0. The highest BCUT2D eigenvalue weighted by molar-refractivity contribution is 6.04. The van der Waals surface area contributed by atoms with Gasteiger partial charge in [0.2, 0.25) is 5.91 Å². The Bertz CT molecular complexity index is 858. The summed E-state index contributed by atoms with van der Waals surface area (Å²) in [7, 11) is 0. The summed E-state index contributed by atoms with van der Waals surface area (Å²) in [5.41, 5.74) is 2.04. The smallest absolute Gasteiger partial charge is 0.273 e. The summed E-state index contributed by atoms with van der Waals surface area (Å²) < 4.78 is 0. The van der Waals surface area contributed by atoms with Gasteiger partial charge in [-0.15, -0.1) is 0 Å². The van der Waals surface area contributed by atoms with Gasteiger partial charge in [-0.25, -0.2) is 0 Å². The standard InChI is InChI=1S/C19H19N3O4/c1-12-2-5-14(11-17(12)22(25)26)19(24)21-16-6-3-13(4-7-16)10-18(23)20-15-8-9-15/h2-7,11,15H,8-10H2,1H3,(H,20,23)(H,21,24). The van der Waals surface area contributed by atoms with Crippen LogP contribution < -0.4 is 10.6 Å². The van der Waals surface area contributed by atoms with E-state index in [1.165, 1.54) is 6.07 Å². The van der Waals surface area contributed by atoms with Crippen LogP contribution in [0.25, 0.3) is 0 Å². The number of nitro benzene ring substituents is 1. The quantitative estimate of drug-likeness (QED) is 0.616. The van der Waals surface area contributed by atoms with Gasteiger partial charge in [-0.2, -0.15) is 0 Å². The lowest BCUT2D eigenvalue weighted by molar-refractivity contribution is -0.385. The number of nitrogens with one attached hydrogen (secondary N) is 2. The lowest BCUT2D eigenvalue weighted by Gasteiger charge is -2.08. The van der Waals surface area contributed by atoms with Gasteiger partial charge in [-0.05, 0) is 43.5 Å². The Kier molecular flexibility index (Phi) is 4.97. The van der Waals surface area contributed by atoms with Gasteiger partial charge < -0.3 is 10.6 Å². The molecule has 0 spiro atoms. The van der Waals surface area contributed by atoms with E-state index in [0.717, 1.165) is 18.4 Å². The SMILES string of the molecule is Cc1ccc(C(=O)Nc2ccc(CC(=O)NC3CC3)cc2)cc1[N+](=O)[O-]. The van der Waals surface area contributed by atoms with Gasteiger partial charge in [0, 0.05) is 28.9 Å². The molecular formula is C19H19N3O4. The fourth-order valence-corrected chi connectivity index (χ4v) is 2.55. The van der Waals surface area contributed by atoms with E-state index in [-0.39, 0.29) is 17.2 Å². The van der Waals surface area contributed by atoms with Crippen LogP contribution in [0.1, 0.15) is 34.3 Å². The average molecular weight is 353 g/mol. The van der Waals surface area contributed by atoms with Crippen molar-refractivity contribution in [3.8, 4) is 0 Å². The van der Waals surface area contributed by atoms with E-state index < -0.39 is 10.8 Å². The van der Waals surface area contributed by atoms with E-state index in [2.05, 4.69) is 10.6 Å². The highest BCUT2D eigenvalue weighted by Crippen LogP contribution is 2.21. The fourth-order valence-electron chi connectivity index (χ4n) is 2.55. The Morgan fingerprint density at radius 2 is 1.85 bits per heavy atom. The Hall–Kier alpha value is -3.22. The highest BCUT2D eigenvalue weighted by Gasteiger charge is 2.23. The molecule has 134 valence electrons. The van der Waals surface area contributed by atoms with Crippen molar-refractivity contribution in [2.24, 2.45) is 0 Å². The minimum atomic E-state index is -0.506. The molecule has 2 aromatic rings. The third kappa shape index (κ3) is 4.44. The zero-order valence-electron chi connectivity index (χ0n) is 14.3. The molecule has 1 aliphatic carbocycles. The van der Waals surface area contributed by atoms with Crippen LogP contribution in [0.15, 0.2) is 42.5 Å². The molecule has 2 N–H and O–H groups in total. The Morgan fingerprint density at radius 1 is 1.15 bits per heavy atom. The molecule has 0 aromatic heterocycles. The molecule has 2 amide bonds. The van der Waals surface area contributed by atoms with Gasteiger partial charge in [0.05, 0.1) is 11.3 Å². The third-order valence-electron chi connectivity index (χ3n) is 4.19. The van der Waals surface area contributed by atoms with E-state index in [9.17, 15) is 19.7 Å². The molecule has 26 heavy (non-hydrogen) atoms. The molecular weight excluding hydrogens is 334 g/mol. The van der Waals surface area contributed by atoms with E-state index in [1.807, 2.05) is 0 Å². The molecule has 0 bridgehead atoms. The number of hydrogen-bond acceptors (Lipinski definition) is 4. The number of carbonyl (C=O) groups is 2. The Balaban J connectivity index is 1.63. The number of nitrogens with zero attached hydrogens (tertiary/aromatic N) is 1. The minimum absolute atomic E-state index is 0.00347. The van der Waals surface area contributed by atoms with Crippen molar-refractivity contribution in [2.45, 2.75) is 32.2 Å². The molecule has 0 heterocycles. The molecule has 0 saturated heterocycles. The first-order valence-electron chi connectivity index (χ1n) is 8.37. The van der Waals surface area contributed by atoms with Crippen molar-refractivity contribution in [2.75, 3.05) is 5.32 Å². The second kappa shape index (κ2) is 7.35. The molecule has 0 atom stereocenters. The molecule has 0 unspecified atom stereocenters. The molecule has 0 aliphatic heterocycles. The molecule has 1 saturated carbocycles. The van der Waals surface area contributed by atoms with E-state index in [4.69, 9.17) is 0 Å². The normalized spacial score (nSPS) is 13.1. The molecule has 0 radical (unpaired) electrons. The average Bonchev–Trinajstić information content (AvgIpc) is 3.40. The summed E-state index contributed by atoms with van der Waals surface area (Å²) in [6.07, 6.45) is 2.40. The van der Waals surface area contributed by atoms with Crippen LogP contribution in [0, 0.1) is 17.0 Å². The van der Waals surface area contributed by atoms with Crippen molar-refractivity contribution < 1.29 is 14.5 Å². The summed E-state index contributed by atoms with van der Waals surface area (Å²) in [4.78, 5) is 34.6. The van der Waals surface area contributed by atoms with Crippen LogP contribution in [0.3, 0.4) is 0 Å². The van der Waals surface area contributed by atoms with Crippen LogP contribution in [-0.4, -0.2) is 22.8 Å². The van der Waals surface area contributed by atoms with Gasteiger partial charge in [0.15, 0.2) is 0 Å². The maximum Gasteiger partial charge on any atom is 0.273 e. The number of hydrogen-bond donors (Lipinski definition) is 2. The monoisotopic (exact) mass is 353 g/mol. The first kappa shape index (κ1) is 17.6. The van der Waals surface area contributed by atoms with Gasteiger partial charge in [-0.1, -0.05) is 18.2 Å². The second-order valence-corrected chi connectivity index (χ2v) is 6.43. The maximum absolute atomic E-state index is 12.3. The summed E-state index contributed by atoms with van der Waals surface area (Å²) in [5.74, 6) is -0.427. The van der Waals surface area contributed by atoms with Crippen molar-refractivity contribution >= 4 is 23.2 Å². The zero-order valence-corrected chi connectivity index (χ0v) is 14.3. The second-order valence-electron chi connectivity index (χ2n) is 6.43. The number of carbonyl (C=O) groups excluding carboxylic acids is 2. The first-order chi connectivity index (χ1) is 12.4. The van der Waals surface area contributed by atoms with Crippen molar-refractivity contribution in [1.82, 2.24) is 5.32 Å². The molecule has 7 heteroatoms. The van der Waals surface area contributed by atoms with Crippen LogP contribution in [0.5, 0.6) is 0 Å². The highest BCUT2D eigenvalue weighted by atomic mass is 16.6. The van der Waals surface area contributed by atoms with Crippen LogP contribution in [0.2, 0.25) is 0 Å². The predicted octanol–water partition coefficient (Wildman–Crippen LogP) is 2.98. The zero-order chi connectivity index (χ0) is 18.7. The number of nitro groups is 1. The minimum Gasteiger partial charge on any atom is -0.353 e. The van der Waals surface area contributed by atoms with E-state index in [1.54, 1.807) is 43.3 Å². The molecule has 2 aromatic carbocycles. The number of aryl methyl sites for hydroxylation is 1. The Morgan fingerprint density at radius 3 is 2.46 bits per heavy atom. The molecule has 1 fully saturated rings. The van der Waals surface area contributed by atoms with Gasteiger partial charge in [-0.3, -0.25) is 19.7 Å². The first-order valence-corrected chi connectivity index (χ1v) is 8.37. The Labute approximate surface area is 150 Å². The topological polar surface area (TPSA) is 101 Å². The summed E-state index contributed by atoms with van der Waals surface area (Å²) in [6.45, 7) is 1.62. The van der Waals surface area contributed by atoms with Gasteiger partial charge in [0.25, 0.3) is 11.6 Å². The molecule has 3 rings (SSSR count). The lowest BCUT2D eigenvalue weighted by Crippen LogP contribution is -2.26. The largest absolute Gasteiger partial charge is 0.353 e. The van der Waals surface area contributed by atoms with Crippen LogP contribution in [0.4, 0.5) is 11.4 Å². The van der Waals surface area contributed by atoms with Gasteiger partial charge >= 0.3 is 0 Å².